The SMILES string of the molecule is CCCc1nn(C)c2c1[nH]c(=S)n2CCOCCC(C)C. The quantitative estimate of drug-likeness (QED) is 0.600. The van der Waals surface area contributed by atoms with Crippen molar-refractivity contribution in [3.05, 3.63) is 10.5 Å². The molecule has 1 N–H and O–H groups in total. The summed E-state index contributed by atoms with van der Waals surface area (Å²) in [6.45, 7) is 8.84. The summed E-state index contributed by atoms with van der Waals surface area (Å²) in [6.07, 6.45) is 3.15. The molecule has 0 amide bonds. The fourth-order valence-electron chi connectivity index (χ4n) is 2.47. The molecule has 2 heterocycles. The Kier molecular flexibility index (Phi) is 5.58. The van der Waals surface area contributed by atoms with Gasteiger partial charge in [-0.2, -0.15) is 5.10 Å². The minimum atomic E-state index is 0.680. The van der Waals surface area contributed by atoms with Crippen molar-refractivity contribution in [2.75, 3.05) is 13.2 Å². The monoisotopic (exact) mass is 310 g/mol. The van der Waals surface area contributed by atoms with Crippen LogP contribution in [0.3, 0.4) is 0 Å². The van der Waals surface area contributed by atoms with E-state index in [0.29, 0.717) is 12.5 Å². The van der Waals surface area contributed by atoms with E-state index < -0.39 is 0 Å². The highest BCUT2D eigenvalue weighted by atomic mass is 32.1. The molecule has 0 unspecified atom stereocenters. The molecule has 5 nitrogen and oxygen atoms in total. The summed E-state index contributed by atoms with van der Waals surface area (Å²) in [6, 6.07) is 0. The number of nitrogens with one attached hydrogen (secondary N) is 1. The van der Waals surface area contributed by atoms with Crippen molar-refractivity contribution < 1.29 is 4.74 Å². The topological polar surface area (TPSA) is 47.8 Å². The van der Waals surface area contributed by atoms with Crippen LogP contribution in [-0.2, 0) is 24.8 Å². The molecule has 2 rings (SSSR count). The van der Waals surface area contributed by atoms with Gasteiger partial charge >= 0.3 is 0 Å². The number of aromatic nitrogens is 4. The van der Waals surface area contributed by atoms with Gasteiger partial charge in [0.25, 0.3) is 0 Å². The van der Waals surface area contributed by atoms with E-state index in [2.05, 4.69) is 35.4 Å². The third-order valence-corrected chi connectivity index (χ3v) is 3.93. The molecule has 0 aromatic carbocycles. The predicted molar refractivity (Wildman–Crippen MR) is 88.2 cm³/mol. The van der Waals surface area contributed by atoms with E-state index in [-0.39, 0.29) is 0 Å². The van der Waals surface area contributed by atoms with Gasteiger partial charge in [-0.15, -0.1) is 0 Å². The molecule has 0 spiro atoms. The van der Waals surface area contributed by atoms with Crippen molar-refractivity contribution in [2.45, 2.75) is 46.6 Å². The minimum Gasteiger partial charge on any atom is -0.380 e. The fraction of sp³-hybridized carbons (Fsp3) is 0.733. The molecule has 0 fully saturated rings. The van der Waals surface area contributed by atoms with Crippen LogP contribution in [0.5, 0.6) is 0 Å². The number of aryl methyl sites for hydroxylation is 2. The number of ether oxygens (including phenoxy) is 1. The molecule has 0 atom stereocenters. The second-order valence-electron chi connectivity index (χ2n) is 5.90. The fourth-order valence-corrected chi connectivity index (χ4v) is 2.75. The lowest BCUT2D eigenvalue weighted by Crippen LogP contribution is -2.10. The second-order valence-corrected chi connectivity index (χ2v) is 6.28. The van der Waals surface area contributed by atoms with Gasteiger partial charge in [-0.1, -0.05) is 27.2 Å². The molecule has 21 heavy (non-hydrogen) atoms. The number of rotatable bonds is 8. The summed E-state index contributed by atoms with van der Waals surface area (Å²) in [5, 5.41) is 4.59. The van der Waals surface area contributed by atoms with E-state index in [0.717, 1.165) is 54.0 Å². The van der Waals surface area contributed by atoms with Gasteiger partial charge in [-0.25, -0.2) is 0 Å². The van der Waals surface area contributed by atoms with Crippen LogP contribution in [0, 0.1) is 10.7 Å². The smallest absolute Gasteiger partial charge is 0.179 e. The van der Waals surface area contributed by atoms with Crippen molar-refractivity contribution in [1.29, 1.82) is 0 Å². The number of imidazole rings is 1. The molecular formula is C15H26N4OS. The van der Waals surface area contributed by atoms with E-state index in [1.807, 2.05) is 11.7 Å². The van der Waals surface area contributed by atoms with Crippen molar-refractivity contribution in [1.82, 2.24) is 19.3 Å². The van der Waals surface area contributed by atoms with Gasteiger partial charge in [0.05, 0.1) is 18.8 Å². The number of nitrogens with zero attached hydrogens (tertiary/aromatic N) is 3. The molecule has 0 saturated heterocycles. The Morgan fingerprint density at radius 2 is 2.10 bits per heavy atom. The zero-order chi connectivity index (χ0) is 15.4. The number of hydrogen-bond acceptors (Lipinski definition) is 3. The van der Waals surface area contributed by atoms with E-state index in [9.17, 15) is 0 Å². The predicted octanol–water partition coefficient (Wildman–Crippen LogP) is 3.45. The van der Waals surface area contributed by atoms with Crippen LogP contribution in [-0.4, -0.2) is 32.5 Å². The van der Waals surface area contributed by atoms with Crippen LogP contribution >= 0.6 is 12.2 Å². The Morgan fingerprint density at radius 3 is 2.76 bits per heavy atom. The highest BCUT2D eigenvalue weighted by molar-refractivity contribution is 7.71. The first-order chi connectivity index (χ1) is 10.0. The van der Waals surface area contributed by atoms with Crippen molar-refractivity contribution in [2.24, 2.45) is 13.0 Å². The summed E-state index contributed by atoms with van der Waals surface area (Å²) >= 11 is 5.44. The molecular weight excluding hydrogens is 284 g/mol. The summed E-state index contributed by atoms with van der Waals surface area (Å²) < 4.78 is 10.5. The zero-order valence-corrected chi connectivity index (χ0v) is 14.3. The maximum absolute atomic E-state index is 5.71. The number of hydrogen-bond donors (Lipinski definition) is 1. The van der Waals surface area contributed by atoms with Gasteiger partial charge in [-0.05, 0) is 31.0 Å². The van der Waals surface area contributed by atoms with Gasteiger partial charge in [0, 0.05) is 13.7 Å². The Morgan fingerprint density at radius 1 is 1.33 bits per heavy atom. The molecule has 0 saturated carbocycles. The van der Waals surface area contributed by atoms with Crippen LogP contribution in [0.2, 0.25) is 0 Å². The number of fused-ring (bicyclic) bond motifs is 1. The van der Waals surface area contributed by atoms with Gasteiger partial charge in [0.15, 0.2) is 10.4 Å². The lowest BCUT2D eigenvalue weighted by molar-refractivity contribution is 0.116. The minimum absolute atomic E-state index is 0.680. The third-order valence-electron chi connectivity index (χ3n) is 3.61. The largest absolute Gasteiger partial charge is 0.380 e. The average Bonchev–Trinajstić information content (AvgIpc) is 2.88. The summed E-state index contributed by atoms with van der Waals surface area (Å²) in [5.74, 6) is 0.680. The molecule has 0 aliphatic rings. The Labute approximate surface area is 131 Å². The van der Waals surface area contributed by atoms with Gasteiger partial charge < -0.3 is 9.72 Å². The Balaban J connectivity index is 2.09. The van der Waals surface area contributed by atoms with Crippen LogP contribution in [0.15, 0.2) is 0 Å². The molecule has 2 aromatic heterocycles. The first kappa shape index (κ1) is 16.2. The van der Waals surface area contributed by atoms with E-state index >= 15 is 0 Å². The van der Waals surface area contributed by atoms with E-state index in [4.69, 9.17) is 17.0 Å². The van der Waals surface area contributed by atoms with Gasteiger partial charge in [0.1, 0.15) is 5.52 Å². The third kappa shape index (κ3) is 3.74. The second kappa shape index (κ2) is 7.22. The Bertz CT molecular complexity index is 638. The first-order valence-corrected chi connectivity index (χ1v) is 8.17. The van der Waals surface area contributed by atoms with E-state index in [1.54, 1.807) is 0 Å². The molecule has 6 heteroatoms. The lowest BCUT2D eigenvalue weighted by atomic mass is 10.1. The number of aromatic amines is 1. The Hall–Kier alpha value is -1.14. The van der Waals surface area contributed by atoms with Crippen LogP contribution in [0.1, 0.15) is 39.3 Å². The molecule has 0 bridgehead atoms. The molecule has 118 valence electrons. The summed E-state index contributed by atoms with van der Waals surface area (Å²) in [7, 11) is 1.97. The molecule has 0 aliphatic heterocycles. The first-order valence-electron chi connectivity index (χ1n) is 7.76. The van der Waals surface area contributed by atoms with Crippen LogP contribution in [0.4, 0.5) is 0 Å². The zero-order valence-electron chi connectivity index (χ0n) is 13.5. The average molecular weight is 310 g/mol. The van der Waals surface area contributed by atoms with Gasteiger partial charge in [-0.3, -0.25) is 9.25 Å². The highest BCUT2D eigenvalue weighted by Gasteiger charge is 2.14. The summed E-state index contributed by atoms with van der Waals surface area (Å²) in [5.41, 5.74) is 3.24. The lowest BCUT2D eigenvalue weighted by Gasteiger charge is -2.08. The normalized spacial score (nSPS) is 11.9. The van der Waals surface area contributed by atoms with Crippen molar-refractivity contribution in [3.63, 3.8) is 0 Å². The standard InChI is InChI=1S/C15H26N4OS/c1-5-6-12-13-14(18(4)17-12)19(15(21)16-13)8-10-20-9-7-11(2)3/h11H,5-10H2,1-4H3,(H,16,21). The summed E-state index contributed by atoms with van der Waals surface area (Å²) in [4.78, 5) is 3.30. The van der Waals surface area contributed by atoms with Crippen molar-refractivity contribution >= 4 is 23.4 Å². The molecule has 0 aliphatic carbocycles. The van der Waals surface area contributed by atoms with E-state index in [1.165, 1.54) is 0 Å². The highest BCUT2D eigenvalue weighted by Crippen LogP contribution is 2.18. The van der Waals surface area contributed by atoms with Crippen LogP contribution in [0.25, 0.3) is 11.2 Å². The molecule has 2 aromatic rings. The number of H-pyrrole nitrogens is 1. The maximum Gasteiger partial charge on any atom is 0.179 e. The van der Waals surface area contributed by atoms with Crippen LogP contribution < -0.4 is 0 Å². The van der Waals surface area contributed by atoms with Gasteiger partial charge in [0.2, 0.25) is 0 Å². The maximum atomic E-state index is 5.71. The molecule has 0 radical (unpaired) electrons. The van der Waals surface area contributed by atoms with Crippen molar-refractivity contribution in [3.8, 4) is 0 Å².